The molecule has 1 saturated heterocycles. The summed E-state index contributed by atoms with van der Waals surface area (Å²) in [5.74, 6) is 0.758. The number of aromatic amines is 1. The van der Waals surface area contributed by atoms with Crippen LogP contribution in [0, 0.1) is 17.6 Å². The van der Waals surface area contributed by atoms with Gasteiger partial charge in [-0.3, -0.25) is 14.5 Å². The Kier molecular flexibility index (Phi) is 6.31. The van der Waals surface area contributed by atoms with Gasteiger partial charge < -0.3 is 5.32 Å². The van der Waals surface area contributed by atoms with Crippen LogP contribution in [0.3, 0.4) is 0 Å². The van der Waals surface area contributed by atoms with E-state index >= 15 is 0 Å². The molecule has 1 amide bonds. The van der Waals surface area contributed by atoms with Crippen molar-refractivity contribution in [2.75, 3.05) is 25.9 Å². The van der Waals surface area contributed by atoms with Crippen molar-refractivity contribution in [1.29, 1.82) is 0 Å². The number of sulfonamides is 1. The van der Waals surface area contributed by atoms with Crippen LogP contribution >= 0.6 is 12.2 Å². The lowest BCUT2D eigenvalue weighted by Gasteiger charge is -2.30. The normalized spacial score (nSPS) is 16.2. The van der Waals surface area contributed by atoms with Crippen LogP contribution in [0.15, 0.2) is 24.3 Å². The molecule has 28 heavy (non-hydrogen) atoms. The maximum absolute atomic E-state index is 12.4. The summed E-state index contributed by atoms with van der Waals surface area (Å²) in [6, 6.07) is 7.87. The zero-order valence-electron chi connectivity index (χ0n) is 16.0. The Bertz CT molecular complexity index is 987. The standard InChI is InChI=1S/C18H25N5O3S2/c1-13-3-5-15(6-4-13)17-20-21-18(27)23(17)12-16(24)19-11-14-7-9-22(10-8-14)28(2,25)26/h3-6,14H,7-12H2,1-2H3,(H,19,24)(H,21,27). The zero-order valence-corrected chi connectivity index (χ0v) is 17.6. The molecule has 152 valence electrons. The minimum Gasteiger partial charge on any atom is -0.354 e. The van der Waals surface area contributed by atoms with Gasteiger partial charge in [0.25, 0.3) is 0 Å². The molecule has 2 aromatic rings. The third kappa shape index (κ3) is 5.06. The van der Waals surface area contributed by atoms with Crippen LogP contribution in [0.1, 0.15) is 18.4 Å². The number of H-pyrrole nitrogens is 1. The Balaban J connectivity index is 1.57. The molecule has 1 aromatic heterocycles. The van der Waals surface area contributed by atoms with Gasteiger partial charge in [-0.15, -0.1) is 0 Å². The van der Waals surface area contributed by atoms with Crippen LogP contribution in [0.4, 0.5) is 0 Å². The summed E-state index contributed by atoms with van der Waals surface area (Å²) >= 11 is 5.28. The van der Waals surface area contributed by atoms with Crippen molar-refractivity contribution in [2.24, 2.45) is 5.92 Å². The molecule has 8 nitrogen and oxygen atoms in total. The maximum Gasteiger partial charge on any atom is 0.240 e. The Morgan fingerprint density at radius 1 is 1.29 bits per heavy atom. The zero-order chi connectivity index (χ0) is 20.3. The first-order chi connectivity index (χ1) is 13.2. The van der Waals surface area contributed by atoms with Crippen LogP contribution in [-0.4, -0.2) is 59.3 Å². The van der Waals surface area contributed by atoms with Gasteiger partial charge in [0, 0.05) is 25.2 Å². The van der Waals surface area contributed by atoms with E-state index in [1.807, 2.05) is 31.2 Å². The van der Waals surface area contributed by atoms with E-state index in [0.717, 1.165) is 24.0 Å². The van der Waals surface area contributed by atoms with Crippen molar-refractivity contribution in [2.45, 2.75) is 26.3 Å². The molecule has 2 heterocycles. The number of nitrogens with zero attached hydrogens (tertiary/aromatic N) is 3. The predicted octanol–water partition coefficient (Wildman–Crippen LogP) is 1.70. The predicted molar refractivity (Wildman–Crippen MR) is 110 cm³/mol. The molecule has 1 aliphatic rings. The second-order valence-electron chi connectivity index (χ2n) is 7.21. The van der Waals surface area contributed by atoms with E-state index in [9.17, 15) is 13.2 Å². The van der Waals surface area contributed by atoms with Gasteiger partial charge in [0.15, 0.2) is 10.6 Å². The Morgan fingerprint density at radius 3 is 2.54 bits per heavy atom. The summed E-state index contributed by atoms with van der Waals surface area (Å²) in [5.41, 5.74) is 2.03. The monoisotopic (exact) mass is 423 g/mol. The molecule has 2 N–H and O–H groups in total. The van der Waals surface area contributed by atoms with E-state index < -0.39 is 10.0 Å². The first-order valence-electron chi connectivity index (χ1n) is 9.18. The quantitative estimate of drug-likeness (QED) is 0.689. The number of hydrogen-bond acceptors (Lipinski definition) is 5. The number of carbonyl (C=O) groups is 1. The average molecular weight is 424 g/mol. The summed E-state index contributed by atoms with van der Waals surface area (Å²) in [6.45, 7) is 3.63. The molecule has 1 aliphatic heterocycles. The fourth-order valence-corrected chi connectivity index (χ4v) is 4.36. The highest BCUT2D eigenvalue weighted by Crippen LogP contribution is 2.19. The third-order valence-corrected chi connectivity index (χ3v) is 6.62. The number of piperidine rings is 1. The number of rotatable bonds is 6. The maximum atomic E-state index is 12.4. The van der Waals surface area contributed by atoms with Crippen LogP contribution in [-0.2, 0) is 21.4 Å². The second-order valence-corrected chi connectivity index (χ2v) is 9.58. The number of benzene rings is 1. The number of aryl methyl sites for hydroxylation is 1. The highest BCUT2D eigenvalue weighted by atomic mass is 32.2. The number of aromatic nitrogens is 3. The fourth-order valence-electron chi connectivity index (χ4n) is 3.29. The third-order valence-electron chi connectivity index (χ3n) is 5.00. The lowest BCUT2D eigenvalue weighted by Crippen LogP contribution is -2.41. The molecule has 0 radical (unpaired) electrons. The van der Waals surface area contributed by atoms with Gasteiger partial charge in [-0.05, 0) is 37.9 Å². The van der Waals surface area contributed by atoms with E-state index in [1.54, 1.807) is 4.57 Å². The fraction of sp³-hybridized carbons (Fsp3) is 0.500. The molecule has 1 fully saturated rings. The van der Waals surface area contributed by atoms with Crippen LogP contribution in [0.5, 0.6) is 0 Å². The number of hydrogen-bond donors (Lipinski definition) is 2. The van der Waals surface area contributed by atoms with Crippen LogP contribution in [0.25, 0.3) is 11.4 Å². The van der Waals surface area contributed by atoms with Gasteiger partial charge in [0.2, 0.25) is 15.9 Å². The van der Waals surface area contributed by atoms with Crippen molar-refractivity contribution in [3.8, 4) is 11.4 Å². The van der Waals surface area contributed by atoms with Gasteiger partial charge >= 0.3 is 0 Å². The lowest BCUT2D eigenvalue weighted by atomic mass is 9.98. The highest BCUT2D eigenvalue weighted by Gasteiger charge is 2.25. The summed E-state index contributed by atoms with van der Waals surface area (Å²) in [6.07, 6.45) is 2.72. The SMILES string of the molecule is Cc1ccc(-c2n[nH]c(=S)n2CC(=O)NCC2CCN(S(C)(=O)=O)CC2)cc1. The second kappa shape index (κ2) is 8.54. The first kappa shape index (κ1) is 20.7. The Hall–Kier alpha value is -2.04. The summed E-state index contributed by atoms with van der Waals surface area (Å²) in [5, 5.41) is 9.95. The molecule has 3 rings (SSSR count). The van der Waals surface area contributed by atoms with Crippen molar-refractivity contribution in [1.82, 2.24) is 24.4 Å². The average Bonchev–Trinajstić information content (AvgIpc) is 3.01. The minimum absolute atomic E-state index is 0.0841. The van der Waals surface area contributed by atoms with Crippen molar-refractivity contribution in [3.63, 3.8) is 0 Å². The Labute approximate surface area is 170 Å². The van der Waals surface area contributed by atoms with E-state index in [0.29, 0.717) is 30.2 Å². The minimum atomic E-state index is -3.13. The van der Waals surface area contributed by atoms with Crippen molar-refractivity contribution in [3.05, 3.63) is 34.6 Å². The molecule has 0 bridgehead atoms. The number of amides is 1. The Morgan fingerprint density at radius 2 is 1.93 bits per heavy atom. The van der Waals surface area contributed by atoms with Gasteiger partial charge in [0.1, 0.15) is 6.54 Å². The van der Waals surface area contributed by atoms with E-state index in [4.69, 9.17) is 12.2 Å². The molecule has 0 aliphatic carbocycles. The number of carbonyl (C=O) groups excluding carboxylic acids is 1. The van der Waals surface area contributed by atoms with Gasteiger partial charge in [-0.25, -0.2) is 12.7 Å². The van der Waals surface area contributed by atoms with Crippen LogP contribution < -0.4 is 5.32 Å². The van der Waals surface area contributed by atoms with Gasteiger partial charge in [0.05, 0.1) is 6.26 Å². The smallest absolute Gasteiger partial charge is 0.240 e. The van der Waals surface area contributed by atoms with Crippen molar-refractivity contribution >= 4 is 28.1 Å². The summed E-state index contributed by atoms with van der Waals surface area (Å²) < 4.78 is 26.7. The van der Waals surface area contributed by atoms with Gasteiger partial charge in [-0.1, -0.05) is 29.8 Å². The molecule has 1 aromatic carbocycles. The largest absolute Gasteiger partial charge is 0.354 e. The van der Waals surface area contributed by atoms with E-state index in [1.165, 1.54) is 10.6 Å². The molecule has 0 unspecified atom stereocenters. The van der Waals surface area contributed by atoms with Crippen molar-refractivity contribution < 1.29 is 13.2 Å². The summed E-state index contributed by atoms with van der Waals surface area (Å²) in [4.78, 5) is 12.4. The molecule has 0 saturated carbocycles. The number of nitrogens with one attached hydrogen (secondary N) is 2. The summed E-state index contributed by atoms with van der Waals surface area (Å²) in [7, 11) is -3.13. The van der Waals surface area contributed by atoms with E-state index in [-0.39, 0.29) is 18.4 Å². The van der Waals surface area contributed by atoms with Gasteiger partial charge in [-0.2, -0.15) is 5.10 Å². The molecular weight excluding hydrogens is 398 g/mol. The van der Waals surface area contributed by atoms with E-state index in [2.05, 4.69) is 15.5 Å². The lowest BCUT2D eigenvalue weighted by molar-refractivity contribution is -0.121. The highest BCUT2D eigenvalue weighted by molar-refractivity contribution is 7.88. The topological polar surface area (TPSA) is 100 Å². The first-order valence-corrected chi connectivity index (χ1v) is 11.4. The van der Waals surface area contributed by atoms with Crippen LogP contribution in [0.2, 0.25) is 0 Å². The molecular formula is C18H25N5O3S2. The molecule has 10 heteroatoms. The molecule has 0 spiro atoms. The molecule has 0 atom stereocenters.